The van der Waals surface area contributed by atoms with E-state index in [1.54, 1.807) is 6.20 Å². The molecule has 1 aromatic rings. The summed E-state index contributed by atoms with van der Waals surface area (Å²) in [6.45, 7) is 2.60. The maximum Gasteiger partial charge on any atom is 0.246 e. The smallest absolute Gasteiger partial charge is 0.246 e. The second-order valence-electron chi connectivity index (χ2n) is 3.96. The number of thiazole rings is 1. The van der Waals surface area contributed by atoms with Gasteiger partial charge in [-0.1, -0.05) is 0 Å². The number of hydrogen-bond acceptors (Lipinski definition) is 5. The fourth-order valence-electron chi connectivity index (χ4n) is 1.72. The highest BCUT2D eigenvalue weighted by atomic mass is 32.1. The first-order valence-electron chi connectivity index (χ1n) is 5.82. The first-order valence-corrected chi connectivity index (χ1v) is 6.70. The van der Waals surface area contributed by atoms with Crippen LogP contribution in [0.25, 0.3) is 0 Å². The molecule has 1 fully saturated rings. The van der Waals surface area contributed by atoms with Crippen molar-refractivity contribution in [1.29, 1.82) is 0 Å². The summed E-state index contributed by atoms with van der Waals surface area (Å²) in [5.74, 6) is -0.0706. The van der Waals surface area contributed by atoms with Gasteiger partial charge in [-0.3, -0.25) is 4.79 Å². The number of nitrogens with one attached hydrogen (secondary N) is 2. The summed E-state index contributed by atoms with van der Waals surface area (Å²) in [7, 11) is 0. The van der Waals surface area contributed by atoms with Crippen molar-refractivity contribution in [3.8, 4) is 0 Å². The Morgan fingerprint density at radius 2 is 2.41 bits per heavy atom. The number of nitrogens with zero attached hydrogens (tertiary/aromatic N) is 1. The van der Waals surface area contributed by atoms with Gasteiger partial charge in [-0.2, -0.15) is 0 Å². The molecule has 0 spiro atoms. The highest BCUT2D eigenvalue weighted by Gasteiger charge is 2.14. The number of aromatic nitrogens is 1. The van der Waals surface area contributed by atoms with Gasteiger partial charge in [-0.15, -0.1) is 11.3 Å². The summed E-state index contributed by atoms with van der Waals surface area (Å²) in [5.41, 5.74) is 0. The highest BCUT2D eigenvalue weighted by Crippen LogP contribution is 2.07. The molecule has 1 aliphatic heterocycles. The second-order valence-corrected chi connectivity index (χ2v) is 4.94. The molecular formula is C11H17N3O2S. The predicted octanol–water partition coefficient (Wildman–Crippen LogP) is 0.528. The SMILES string of the molecule is O=C(COC1CCNCC1)NCc1nccs1. The average molecular weight is 255 g/mol. The topological polar surface area (TPSA) is 63.2 Å². The summed E-state index contributed by atoms with van der Waals surface area (Å²) in [4.78, 5) is 15.6. The summed E-state index contributed by atoms with van der Waals surface area (Å²) in [5, 5.41) is 8.86. The molecule has 1 aliphatic rings. The molecule has 0 unspecified atom stereocenters. The van der Waals surface area contributed by atoms with Crippen LogP contribution in [0.1, 0.15) is 17.8 Å². The van der Waals surface area contributed by atoms with E-state index in [1.165, 1.54) is 11.3 Å². The molecule has 0 saturated carbocycles. The van der Waals surface area contributed by atoms with E-state index in [0.29, 0.717) is 6.54 Å². The van der Waals surface area contributed by atoms with Crippen LogP contribution in [0.2, 0.25) is 0 Å². The summed E-state index contributed by atoms with van der Waals surface area (Å²) >= 11 is 1.54. The van der Waals surface area contributed by atoms with Crippen LogP contribution < -0.4 is 10.6 Å². The maximum atomic E-state index is 11.5. The molecule has 17 heavy (non-hydrogen) atoms. The Hall–Kier alpha value is -0.980. The molecule has 94 valence electrons. The quantitative estimate of drug-likeness (QED) is 0.805. The first-order chi connectivity index (χ1) is 8.34. The molecule has 1 aromatic heterocycles. The third-order valence-corrected chi connectivity index (χ3v) is 3.44. The normalized spacial score (nSPS) is 16.9. The third kappa shape index (κ3) is 4.41. The molecule has 0 aliphatic carbocycles. The monoisotopic (exact) mass is 255 g/mol. The van der Waals surface area contributed by atoms with Gasteiger partial charge in [0.15, 0.2) is 0 Å². The molecule has 0 atom stereocenters. The van der Waals surface area contributed by atoms with Crippen molar-refractivity contribution >= 4 is 17.2 Å². The Morgan fingerprint density at radius 3 is 3.12 bits per heavy atom. The fraction of sp³-hybridized carbons (Fsp3) is 0.636. The first kappa shape index (κ1) is 12.5. The van der Waals surface area contributed by atoms with Crippen LogP contribution in [-0.4, -0.2) is 36.7 Å². The second kappa shape index (κ2) is 6.68. The van der Waals surface area contributed by atoms with E-state index in [0.717, 1.165) is 30.9 Å². The summed E-state index contributed by atoms with van der Waals surface area (Å²) < 4.78 is 5.55. The van der Waals surface area contributed by atoms with Crippen molar-refractivity contribution < 1.29 is 9.53 Å². The molecule has 0 aromatic carbocycles. The van der Waals surface area contributed by atoms with Gasteiger partial charge >= 0.3 is 0 Å². The lowest BCUT2D eigenvalue weighted by atomic mass is 10.1. The number of amides is 1. The van der Waals surface area contributed by atoms with E-state index in [1.807, 2.05) is 5.38 Å². The van der Waals surface area contributed by atoms with Crippen molar-refractivity contribution in [2.24, 2.45) is 0 Å². The Kier molecular flexibility index (Phi) is 4.90. The van der Waals surface area contributed by atoms with E-state index in [2.05, 4.69) is 15.6 Å². The molecule has 1 amide bonds. The molecule has 2 heterocycles. The Bertz CT molecular complexity index is 336. The zero-order chi connectivity index (χ0) is 11.9. The number of ether oxygens (including phenoxy) is 1. The minimum absolute atomic E-state index is 0.0706. The third-order valence-electron chi connectivity index (χ3n) is 2.66. The van der Waals surface area contributed by atoms with Crippen LogP contribution in [0, 0.1) is 0 Å². The van der Waals surface area contributed by atoms with E-state index < -0.39 is 0 Å². The Labute approximate surface area is 105 Å². The van der Waals surface area contributed by atoms with Crippen LogP contribution in [0.3, 0.4) is 0 Å². The van der Waals surface area contributed by atoms with Gasteiger partial charge in [-0.05, 0) is 25.9 Å². The van der Waals surface area contributed by atoms with Crippen molar-refractivity contribution in [1.82, 2.24) is 15.6 Å². The number of carbonyl (C=O) groups excluding carboxylic acids is 1. The number of rotatable bonds is 5. The van der Waals surface area contributed by atoms with Crippen molar-refractivity contribution in [2.75, 3.05) is 19.7 Å². The molecular weight excluding hydrogens is 238 g/mol. The van der Waals surface area contributed by atoms with Crippen LogP contribution in [0.15, 0.2) is 11.6 Å². The van der Waals surface area contributed by atoms with Crippen LogP contribution in [0.5, 0.6) is 0 Å². The number of piperidine rings is 1. The van der Waals surface area contributed by atoms with Gasteiger partial charge in [0, 0.05) is 11.6 Å². The lowest BCUT2D eigenvalue weighted by Gasteiger charge is -2.22. The Balaban J connectivity index is 1.60. The van der Waals surface area contributed by atoms with Crippen LogP contribution >= 0.6 is 11.3 Å². The molecule has 2 rings (SSSR count). The van der Waals surface area contributed by atoms with Crippen LogP contribution in [-0.2, 0) is 16.1 Å². The molecule has 6 heteroatoms. The van der Waals surface area contributed by atoms with E-state index in [4.69, 9.17) is 4.74 Å². The van der Waals surface area contributed by atoms with E-state index >= 15 is 0 Å². The zero-order valence-electron chi connectivity index (χ0n) is 9.65. The molecule has 1 saturated heterocycles. The van der Waals surface area contributed by atoms with Crippen molar-refractivity contribution in [3.05, 3.63) is 16.6 Å². The molecule has 0 bridgehead atoms. The largest absolute Gasteiger partial charge is 0.368 e. The molecule has 2 N–H and O–H groups in total. The van der Waals surface area contributed by atoms with E-state index in [9.17, 15) is 4.79 Å². The minimum Gasteiger partial charge on any atom is -0.368 e. The summed E-state index contributed by atoms with van der Waals surface area (Å²) in [6.07, 6.45) is 3.93. The van der Waals surface area contributed by atoms with Gasteiger partial charge in [0.05, 0.1) is 12.6 Å². The van der Waals surface area contributed by atoms with Gasteiger partial charge < -0.3 is 15.4 Å². The predicted molar refractivity (Wildman–Crippen MR) is 65.8 cm³/mol. The summed E-state index contributed by atoms with van der Waals surface area (Å²) in [6, 6.07) is 0. The number of hydrogen-bond donors (Lipinski definition) is 2. The maximum absolute atomic E-state index is 11.5. The lowest BCUT2D eigenvalue weighted by Crippen LogP contribution is -2.35. The average Bonchev–Trinajstić information content (AvgIpc) is 2.88. The fourth-order valence-corrected chi connectivity index (χ4v) is 2.28. The standard InChI is InChI=1S/C11H17N3O2S/c15-10(14-7-11-13-5-6-17-11)8-16-9-1-3-12-4-2-9/h5-6,9,12H,1-4,7-8H2,(H,14,15). The van der Waals surface area contributed by atoms with Gasteiger partial charge in [-0.25, -0.2) is 4.98 Å². The molecule has 5 nitrogen and oxygen atoms in total. The van der Waals surface area contributed by atoms with Gasteiger partial charge in [0.2, 0.25) is 5.91 Å². The zero-order valence-corrected chi connectivity index (χ0v) is 10.5. The Morgan fingerprint density at radius 1 is 1.59 bits per heavy atom. The van der Waals surface area contributed by atoms with Gasteiger partial charge in [0.1, 0.15) is 11.6 Å². The lowest BCUT2D eigenvalue weighted by molar-refractivity contribution is -0.128. The van der Waals surface area contributed by atoms with Crippen molar-refractivity contribution in [2.45, 2.75) is 25.5 Å². The number of carbonyl (C=O) groups is 1. The van der Waals surface area contributed by atoms with E-state index in [-0.39, 0.29) is 18.6 Å². The highest BCUT2D eigenvalue weighted by molar-refractivity contribution is 7.09. The molecule has 0 radical (unpaired) electrons. The van der Waals surface area contributed by atoms with Crippen molar-refractivity contribution in [3.63, 3.8) is 0 Å². The van der Waals surface area contributed by atoms with Crippen LogP contribution in [0.4, 0.5) is 0 Å². The van der Waals surface area contributed by atoms with Gasteiger partial charge in [0.25, 0.3) is 0 Å². The minimum atomic E-state index is -0.0706.